The number of anilines is 1. The molecule has 0 unspecified atom stereocenters. The molecule has 1 aliphatic rings. The molecule has 2 aromatic heterocycles. The van der Waals surface area contributed by atoms with Crippen LogP contribution in [0.5, 0.6) is 0 Å². The van der Waals surface area contributed by atoms with Crippen molar-refractivity contribution in [1.29, 1.82) is 0 Å². The van der Waals surface area contributed by atoms with Crippen LogP contribution in [0.25, 0.3) is 11.0 Å². The molecule has 4 rings (SSSR count). The van der Waals surface area contributed by atoms with E-state index in [9.17, 15) is 4.39 Å². The van der Waals surface area contributed by atoms with E-state index in [0.717, 1.165) is 43.1 Å². The highest BCUT2D eigenvalue weighted by Crippen LogP contribution is 2.29. The Balaban J connectivity index is 1.57. The van der Waals surface area contributed by atoms with E-state index in [1.54, 1.807) is 6.07 Å². The lowest BCUT2D eigenvalue weighted by atomic mass is 10.1. The molecule has 126 valence electrons. The van der Waals surface area contributed by atoms with E-state index < -0.39 is 0 Å². The number of aryl methyl sites for hydroxylation is 3. The van der Waals surface area contributed by atoms with Crippen molar-refractivity contribution in [2.45, 2.75) is 32.7 Å². The summed E-state index contributed by atoms with van der Waals surface area (Å²) in [4.78, 5) is 6.80. The Morgan fingerprint density at radius 3 is 2.54 bits per heavy atom. The first-order valence-electron chi connectivity index (χ1n) is 8.43. The predicted molar refractivity (Wildman–Crippen MR) is 92.9 cm³/mol. The SMILES string of the molecule is Cc1cc(C)n(C2CCN(c3nc4c(F)cccc4n3C)CC2)n1. The van der Waals surface area contributed by atoms with Crippen LogP contribution in [0.15, 0.2) is 24.3 Å². The molecule has 0 atom stereocenters. The fraction of sp³-hybridized carbons (Fsp3) is 0.444. The molecular formula is C18H22FN5. The molecule has 1 aliphatic heterocycles. The summed E-state index contributed by atoms with van der Waals surface area (Å²) >= 11 is 0. The molecule has 0 N–H and O–H groups in total. The van der Waals surface area contributed by atoms with Crippen LogP contribution in [-0.2, 0) is 7.05 Å². The minimum atomic E-state index is -0.258. The summed E-state index contributed by atoms with van der Waals surface area (Å²) in [6, 6.07) is 7.67. The maximum atomic E-state index is 14.0. The van der Waals surface area contributed by atoms with Crippen molar-refractivity contribution in [3.05, 3.63) is 41.5 Å². The van der Waals surface area contributed by atoms with Gasteiger partial charge in [0.2, 0.25) is 5.95 Å². The molecule has 0 spiro atoms. The van der Waals surface area contributed by atoms with Gasteiger partial charge < -0.3 is 9.47 Å². The van der Waals surface area contributed by atoms with Gasteiger partial charge in [-0.05, 0) is 44.9 Å². The normalized spacial score (nSPS) is 16.2. The predicted octanol–water partition coefficient (Wildman–Crippen LogP) is 3.37. The third-order valence-corrected chi connectivity index (χ3v) is 4.98. The number of nitrogens with zero attached hydrogens (tertiary/aromatic N) is 5. The zero-order valence-corrected chi connectivity index (χ0v) is 14.3. The highest BCUT2D eigenvalue weighted by atomic mass is 19.1. The van der Waals surface area contributed by atoms with Crippen molar-refractivity contribution in [2.24, 2.45) is 7.05 Å². The van der Waals surface area contributed by atoms with Crippen LogP contribution < -0.4 is 4.90 Å². The van der Waals surface area contributed by atoms with Crippen LogP contribution in [0.4, 0.5) is 10.3 Å². The lowest BCUT2D eigenvalue weighted by Crippen LogP contribution is -2.36. The van der Waals surface area contributed by atoms with Crippen LogP contribution in [0.2, 0.25) is 0 Å². The summed E-state index contributed by atoms with van der Waals surface area (Å²) in [5, 5.41) is 4.62. The van der Waals surface area contributed by atoms with Gasteiger partial charge in [-0.15, -0.1) is 0 Å². The van der Waals surface area contributed by atoms with E-state index in [4.69, 9.17) is 0 Å². The Kier molecular flexibility index (Phi) is 3.55. The number of piperidine rings is 1. The smallest absolute Gasteiger partial charge is 0.206 e. The molecule has 0 amide bonds. The maximum Gasteiger partial charge on any atom is 0.206 e. The quantitative estimate of drug-likeness (QED) is 0.724. The Bertz CT molecular complexity index is 886. The minimum absolute atomic E-state index is 0.258. The van der Waals surface area contributed by atoms with Crippen molar-refractivity contribution < 1.29 is 4.39 Å². The molecule has 1 fully saturated rings. The number of benzene rings is 1. The van der Waals surface area contributed by atoms with E-state index in [2.05, 4.69) is 32.7 Å². The average Bonchev–Trinajstić information content (AvgIpc) is 3.09. The third-order valence-electron chi connectivity index (χ3n) is 4.98. The maximum absolute atomic E-state index is 14.0. The number of hydrogen-bond acceptors (Lipinski definition) is 3. The van der Waals surface area contributed by atoms with Crippen LogP contribution in [0, 0.1) is 19.7 Å². The molecule has 0 saturated carbocycles. The van der Waals surface area contributed by atoms with Crippen molar-refractivity contribution in [2.75, 3.05) is 18.0 Å². The largest absolute Gasteiger partial charge is 0.342 e. The highest BCUT2D eigenvalue weighted by molar-refractivity contribution is 5.79. The van der Waals surface area contributed by atoms with Crippen molar-refractivity contribution >= 4 is 17.0 Å². The Morgan fingerprint density at radius 1 is 1.17 bits per heavy atom. The number of imidazole rings is 1. The minimum Gasteiger partial charge on any atom is -0.342 e. The van der Waals surface area contributed by atoms with Crippen LogP contribution in [0.1, 0.15) is 30.3 Å². The second kappa shape index (κ2) is 5.61. The topological polar surface area (TPSA) is 38.9 Å². The zero-order valence-electron chi connectivity index (χ0n) is 14.3. The summed E-state index contributed by atoms with van der Waals surface area (Å²) in [7, 11) is 1.96. The summed E-state index contributed by atoms with van der Waals surface area (Å²) in [6.45, 7) is 5.96. The Morgan fingerprint density at radius 2 is 1.92 bits per heavy atom. The second-order valence-corrected chi connectivity index (χ2v) is 6.67. The lowest BCUT2D eigenvalue weighted by Gasteiger charge is -2.33. The number of rotatable bonds is 2. The van der Waals surface area contributed by atoms with Crippen molar-refractivity contribution in [3.63, 3.8) is 0 Å². The molecule has 3 heterocycles. The van der Waals surface area contributed by atoms with Gasteiger partial charge in [0.25, 0.3) is 0 Å². The van der Waals surface area contributed by atoms with Gasteiger partial charge in [0.1, 0.15) is 5.52 Å². The molecule has 24 heavy (non-hydrogen) atoms. The molecular weight excluding hydrogens is 305 g/mol. The number of halogens is 1. The molecule has 3 aromatic rings. The fourth-order valence-corrected chi connectivity index (χ4v) is 3.78. The van der Waals surface area contributed by atoms with Gasteiger partial charge >= 0.3 is 0 Å². The first kappa shape index (κ1) is 15.2. The zero-order chi connectivity index (χ0) is 16.8. The summed E-state index contributed by atoms with van der Waals surface area (Å²) < 4.78 is 18.1. The first-order chi connectivity index (χ1) is 11.5. The van der Waals surface area contributed by atoms with Gasteiger partial charge in [0.05, 0.1) is 17.3 Å². The average molecular weight is 327 g/mol. The lowest BCUT2D eigenvalue weighted by molar-refractivity contribution is 0.357. The van der Waals surface area contributed by atoms with Gasteiger partial charge in [0.15, 0.2) is 5.82 Å². The summed E-state index contributed by atoms with van der Waals surface area (Å²) in [5.74, 6) is 0.591. The Hall–Kier alpha value is -2.37. The Labute approximate surface area is 140 Å². The molecule has 0 aliphatic carbocycles. The fourth-order valence-electron chi connectivity index (χ4n) is 3.78. The van der Waals surface area contributed by atoms with Gasteiger partial charge in [0, 0.05) is 25.8 Å². The van der Waals surface area contributed by atoms with Crippen molar-refractivity contribution in [3.8, 4) is 0 Å². The monoisotopic (exact) mass is 327 g/mol. The van der Waals surface area contributed by atoms with Crippen LogP contribution in [0.3, 0.4) is 0 Å². The summed E-state index contributed by atoms with van der Waals surface area (Å²) in [6.07, 6.45) is 2.04. The number of aromatic nitrogens is 4. The molecule has 0 radical (unpaired) electrons. The number of fused-ring (bicyclic) bond motifs is 1. The van der Waals surface area contributed by atoms with E-state index in [1.807, 2.05) is 24.6 Å². The third kappa shape index (κ3) is 2.37. The van der Waals surface area contributed by atoms with Gasteiger partial charge in [-0.1, -0.05) is 6.07 Å². The van der Waals surface area contributed by atoms with Crippen LogP contribution in [-0.4, -0.2) is 32.4 Å². The molecule has 1 aromatic carbocycles. The summed E-state index contributed by atoms with van der Waals surface area (Å²) in [5.41, 5.74) is 3.58. The van der Waals surface area contributed by atoms with E-state index in [1.165, 1.54) is 11.8 Å². The number of hydrogen-bond donors (Lipinski definition) is 0. The molecule has 0 bridgehead atoms. The van der Waals surface area contributed by atoms with Gasteiger partial charge in [-0.25, -0.2) is 9.37 Å². The second-order valence-electron chi connectivity index (χ2n) is 6.67. The highest BCUT2D eigenvalue weighted by Gasteiger charge is 2.25. The van der Waals surface area contributed by atoms with Gasteiger partial charge in [-0.3, -0.25) is 4.68 Å². The van der Waals surface area contributed by atoms with E-state index >= 15 is 0 Å². The van der Waals surface area contributed by atoms with Crippen molar-refractivity contribution in [1.82, 2.24) is 19.3 Å². The molecule has 6 heteroatoms. The van der Waals surface area contributed by atoms with Crippen LogP contribution >= 0.6 is 0 Å². The first-order valence-corrected chi connectivity index (χ1v) is 8.43. The van der Waals surface area contributed by atoms with Gasteiger partial charge in [-0.2, -0.15) is 5.10 Å². The standard InChI is InChI=1S/C18H22FN5/c1-12-11-13(2)24(21-12)14-7-9-23(10-8-14)18-20-17-15(19)5-4-6-16(17)22(18)3/h4-6,11,14H,7-10H2,1-3H3. The number of para-hydroxylation sites is 1. The van der Waals surface area contributed by atoms with E-state index in [0.29, 0.717) is 11.6 Å². The molecule has 1 saturated heterocycles. The molecule has 5 nitrogen and oxygen atoms in total. The van der Waals surface area contributed by atoms with E-state index in [-0.39, 0.29) is 5.82 Å².